The van der Waals surface area contributed by atoms with Crippen molar-refractivity contribution in [3.63, 3.8) is 0 Å². The molecule has 148 valence electrons. The quantitative estimate of drug-likeness (QED) is 0.489. The van der Waals surface area contributed by atoms with Crippen molar-refractivity contribution < 1.29 is 18.6 Å². The van der Waals surface area contributed by atoms with Gasteiger partial charge in [-0.05, 0) is 59.2 Å². The van der Waals surface area contributed by atoms with E-state index in [0.29, 0.717) is 17.2 Å². The van der Waals surface area contributed by atoms with Crippen molar-refractivity contribution >= 4 is 22.3 Å². The number of nitrogens with one attached hydrogen (secondary N) is 1. The zero-order valence-corrected chi connectivity index (χ0v) is 16.3. The monoisotopic (exact) mass is 386 g/mol. The third-order valence-corrected chi connectivity index (χ3v) is 4.43. The fraction of sp³-hybridized carbons (Fsp3) is 0.318. The second-order valence-electron chi connectivity index (χ2n) is 7.15. The Morgan fingerprint density at radius 2 is 1.96 bits per heavy atom. The van der Waals surface area contributed by atoms with Gasteiger partial charge in [-0.3, -0.25) is 4.98 Å². The summed E-state index contributed by atoms with van der Waals surface area (Å²) >= 11 is 0. The summed E-state index contributed by atoms with van der Waals surface area (Å²) in [4.78, 5) is 8.17. The SMILES string of the molecule is Cc1cc(F)ccc1Nc1c(CC(C)C)cnc2c(OCCOF)cccc12. The number of rotatable bonds is 8. The molecular formula is C22H24F2N2O2. The Balaban J connectivity index is 2.08. The molecule has 0 saturated carbocycles. The zero-order valence-electron chi connectivity index (χ0n) is 16.3. The van der Waals surface area contributed by atoms with Crippen LogP contribution in [0.25, 0.3) is 10.9 Å². The Kier molecular flexibility index (Phi) is 6.41. The molecule has 0 unspecified atom stereocenters. The predicted octanol–water partition coefficient (Wildman–Crippen LogP) is 5.90. The number of para-hydroxylation sites is 1. The van der Waals surface area contributed by atoms with Crippen LogP contribution in [0.3, 0.4) is 0 Å². The molecule has 0 radical (unpaired) electrons. The molecular weight excluding hydrogens is 362 g/mol. The van der Waals surface area contributed by atoms with Gasteiger partial charge in [0.15, 0.2) is 0 Å². The van der Waals surface area contributed by atoms with E-state index in [-0.39, 0.29) is 19.0 Å². The van der Waals surface area contributed by atoms with E-state index in [2.05, 4.69) is 29.1 Å². The highest BCUT2D eigenvalue weighted by Crippen LogP contribution is 2.35. The van der Waals surface area contributed by atoms with E-state index >= 15 is 0 Å². The summed E-state index contributed by atoms with van der Waals surface area (Å²) in [5.41, 5.74) is 4.30. The van der Waals surface area contributed by atoms with Gasteiger partial charge in [0.05, 0.1) is 5.69 Å². The lowest BCUT2D eigenvalue weighted by Crippen LogP contribution is -2.06. The van der Waals surface area contributed by atoms with Gasteiger partial charge in [0.2, 0.25) is 0 Å². The van der Waals surface area contributed by atoms with Crippen molar-refractivity contribution in [2.45, 2.75) is 27.2 Å². The molecule has 6 heteroatoms. The predicted molar refractivity (Wildman–Crippen MR) is 107 cm³/mol. The fourth-order valence-corrected chi connectivity index (χ4v) is 3.18. The minimum absolute atomic E-state index is 0.0882. The van der Waals surface area contributed by atoms with Crippen molar-refractivity contribution in [1.29, 1.82) is 0 Å². The molecule has 0 bridgehead atoms. The number of hydrogen-bond donors (Lipinski definition) is 1. The number of nitrogens with zero attached hydrogens (tertiary/aromatic N) is 1. The van der Waals surface area contributed by atoms with Crippen LogP contribution in [0.5, 0.6) is 5.75 Å². The molecule has 3 aromatic rings. The van der Waals surface area contributed by atoms with Crippen LogP contribution >= 0.6 is 0 Å². The summed E-state index contributed by atoms with van der Waals surface area (Å²) in [6.45, 7) is 6.09. The molecule has 28 heavy (non-hydrogen) atoms. The maximum Gasteiger partial charge on any atom is 0.145 e. The number of hydrogen-bond acceptors (Lipinski definition) is 4. The Morgan fingerprint density at radius 1 is 1.14 bits per heavy atom. The van der Waals surface area contributed by atoms with Crippen LogP contribution in [-0.4, -0.2) is 18.2 Å². The van der Waals surface area contributed by atoms with Gasteiger partial charge in [-0.2, -0.15) is 4.94 Å². The van der Waals surface area contributed by atoms with E-state index in [9.17, 15) is 8.92 Å². The molecule has 0 amide bonds. The molecule has 0 saturated heterocycles. The second-order valence-corrected chi connectivity index (χ2v) is 7.15. The molecule has 0 aliphatic rings. The van der Waals surface area contributed by atoms with Gasteiger partial charge in [-0.25, -0.2) is 4.39 Å². The van der Waals surface area contributed by atoms with Gasteiger partial charge in [0.1, 0.15) is 30.3 Å². The van der Waals surface area contributed by atoms with Gasteiger partial charge in [0.25, 0.3) is 0 Å². The van der Waals surface area contributed by atoms with Crippen molar-refractivity contribution in [3.8, 4) is 5.75 Å². The summed E-state index contributed by atoms with van der Waals surface area (Å²) in [5.74, 6) is 0.732. The first-order valence-corrected chi connectivity index (χ1v) is 9.29. The summed E-state index contributed by atoms with van der Waals surface area (Å²) in [5, 5.41) is 4.35. The number of aryl methyl sites for hydroxylation is 1. The van der Waals surface area contributed by atoms with Crippen LogP contribution in [0.1, 0.15) is 25.0 Å². The molecule has 3 rings (SSSR count). The molecule has 4 nitrogen and oxygen atoms in total. The summed E-state index contributed by atoms with van der Waals surface area (Å²) in [6.07, 6.45) is 2.67. The third kappa shape index (κ3) is 4.57. The van der Waals surface area contributed by atoms with E-state index in [0.717, 1.165) is 34.3 Å². The largest absolute Gasteiger partial charge is 0.489 e. The number of ether oxygens (including phenoxy) is 1. The first-order valence-electron chi connectivity index (χ1n) is 9.29. The third-order valence-electron chi connectivity index (χ3n) is 4.43. The van der Waals surface area contributed by atoms with Crippen molar-refractivity contribution in [1.82, 2.24) is 4.98 Å². The fourth-order valence-electron chi connectivity index (χ4n) is 3.18. The maximum atomic E-state index is 13.5. The molecule has 2 aromatic carbocycles. The summed E-state index contributed by atoms with van der Waals surface area (Å²) in [6, 6.07) is 10.3. The smallest absolute Gasteiger partial charge is 0.145 e. The van der Waals surface area contributed by atoms with Gasteiger partial charge >= 0.3 is 0 Å². The molecule has 1 N–H and O–H groups in total. The topological polar surface area (TPSA) is 43.4 Å². The molecule has 0 aliphatic heterocycles. The lowest BCUT2D eigenvalue weighted by Gasteiger charge is -2.18. The second kappa shape index (κ2) is 8.97. The molecule has 0 atom stereocenters. The highest BCUT2D eigenvalue weighted by Gasteiger charge is 2.14. The number of halogens is 2. The molecule has 0 fully saturated rings. The molecule has 0 aliphatic carbocycles. The van der Waals surface area contributed by atoms with Crippen molar-refractivity contribution in [2.24, 2.45) is 5.92 Å². The summed E-state index contributed by atoms with van der Waals surface area (Å²) < 4.78 is 31.0. The Labute approximate surface area is 163 Å². The Hall–Kier alpha value is -2.73. The van der Waals surface area contributed by atoms with Gasteiger partial charge < -0.3 is 10.1 Å². The molecule has 0 spiro atoms. The minimum atomic E-state index is -0.268. The van der Waals surface area contributed by atoms with Gasteiger partial charge in [-0.15, -0.1) is 0 Å². The van der Waals surface area contributed by atoms with Crippen LogP contribution in [0.4, 0.5) is 20.3 Å². The van der Waals surface area contributed by atoms with Crippen LogP contribution < -0.4 is 10.1 Å². The first kappa shape index (κ1) is 20.0. The van der Waals surface area contributed by atoms with Crippen LogP contribution in [0.15, 0.2) is 42.6 Å². The van der Waals surface area contributed by atoms with Gasteiger partial charge in [-0.1, -0.05) is 26.0 Å². The lowest BCUT2D eigenvalue weighted by atomic mass is 9.99. The average Bonchev–Trinajstić information content (AvgIpc) is 2.65. The van der Waals surface area contributed by atoms with Crippen LogP contribution in [-0.2, 0) is 11.4 Å². The number of anilines is 2. The first-order chi connectivity index (χ1) is 13.5. The minimum Gasteiger partial charge on any atom is -0.489 e. The number of aromatic nitrogens is 1. The van der Waals surface area contributed by atoms with Crippen molar-refractivity contribution in [3.05, 3.63) is 59.5 Å². The van der Waals surface area contributed by atoms with E-state index in [1.54, 1.807) is 12.1 Å². The molecule has 1 aromatic heterocycles. The standard InChI is InChI=1S/C22H24F2N2O2/c1-14(2)11-16-13-25-22-18(5-4-6-20(22)27-9-10-28-24)21(16)26-19-8-7-17(23)12-15(19)3/h4-8,12-14H,9-11H2,1-3H3,(H,25,26). The lowest BCUT2D eigenvalue weighted by molar-refractivity contribution is -0.138. The zero-order chi connectivity index (χ0) is 20.1. The van der Waals surface area contributed by atoms with E-state index in [1.807, 2.05) is 25.3 Å². The van der Waals surface area contributed by atoms with E-state index < -0.39 is 0 Å². The Bertz CT molecular complexity index is 961. The number of benzene rings is 2. The normalized spacial score (nSPS) is 11.2. The van der Waals surface area contributed by atoms with Crippen LogP contribution in [0.2, 0.25) is 0 Å². The number of pyridine rings is 1. The Morgan fingerprint density at radius 3 is 2.68 bits per heavy atom. The van der Waals surface area contributed by atoms with E-state index in [1.165, 1.54) is 12.1 Å². The molecule has 1 heterocycles. The maximum absolute atomic E-state index is 13.5. The van der Waals surface area contributed by atoms with Crippen LogP contribution in [0, 0.1) is 18.7 Å². The van der Waals surface area contributed by atoms with Gasteiger partial charge in [0, 0.05) is 17.3 Å². The summed E-state index contributed by atoms with van der Waals surface area (Å²) in [7, 11) is 0. The highest BCUT2D eigenvalue weighted by molar-refractivity contribution is 5.97. The number of fused-ring (bicyclic) bond motifs is 1. The van der Waals surface area contributed by atoms with E-state index in [4.69, 9.17) is 4.74 Å². The van der Waals surface area contributed by atoms with Crippen molar-refractivity contribution in [2.75, 3.05) is 18.5 Å². The highest BCUT2D eigenvalue weighted by atomic mass is 19.3. The average molecular weight is 386 g/mol.